The van der Waals surface area contributed by atoms with Gasteiger partial charge in [-0.05, 0) is 56.7 Å². The highest BCUT2D eigenvalue weighted by Gasteiger charge is 2.55. The fraction of sp³-hybridized carbons (Fsp3) is 0.355. The number of imidazole rings is 1. The van der Waals surface area contributed by atoms with Gasteiger partial charge in [0, 0.05) is 37.1 Å². The third kappa shape index (κ3) is 8.63. The molecule has 3 amide bonds. The third-order valence-electron chi connectivity index (χ3n) is 7.49. The van der Waals surface area contributed by atoms with Crippen molar-refractivity contribution in [2.75, 3.05) is 24.6 Å². The predicted molar refractivity (Wildman–Crippen MR) is 193 cm³/mol. The van der Waals surface area contributed by atoms with E-state index >= 15 is 0 Å². The number of pyridine rings is 2. The summed E-state index contributed by atoms with van der Waals surface area (Å²) in [6.45, 7) is 5.92. The molecule has 0 aliphatic carbocycles. The number of aromatic nitrogens is 6. The first kappa shape index (κ1) is 37.7. The number of amides is 3. The van der Waals surface area contributed by atoms with E-state index in [1.807, 2.05) is 45.7 Å². The summed E-state index contributed by atoms with van der Waals surface area (Å²) in [6, 6.07) is 8.35. The van der Waals surface area contributed by atoms with Crippen molar-refractivity contribution in [2.45, 2.75) is 50.9 Å². The van der Waals surface area contributed by atoms with E-state index in [1.165, 1.54) is 16.7 Å². The van der Waals surface area contributed by atoms with Crippen LogP contribution >= 0.6 is 31.3 Å². The zero-order valence-electron chi connectivity index (χ0n) is 28.8. The molecule has 2 radical (unpaired) electrons. The van der Waals surface area contributed by atoms with Gasteiger partial charge in [-0.2, -0.15) is 9.36 Å². The number of halogens is 1. The Balaban J connectivity index is 1.22. The monoisotopic (exact) mass is 781 g/mol. The van der Waals surface area contributed by atoms with Crippen molar-refractivity contribution in [3.8, 4) is 0 Å². The van der Waals surface area contributed by atoms with Crippen molar-refractivity contribution in [1.29, 1.82) is 0 Å². The maximum Gasteiger partial charge on any atom is 0.414 e. The number of thioether (sulfide) groups is 1. The average molecular weight is 782 g/mol. The number of fused-ring (bicyclic) bond motifs is 2. The minimum absolute atomic E-state index is 0.0233. The van der Waals surface area contributed by atoms with Crippen molar-refractivity contribution < 1.29 is 42.2 Å². The Labute approximate surface area is 312 Å². The van der Waals surface area contributed by atoms with Gasteiger partial charge in [0.15, 0.2) is 7.57 Å². The topological polar surface area (TPSA) is 196 Å². The number of oxime groups is 1. The van der Waals surface area contributed by atoms with Crippen LogP contribution < -0.4 is 15.2 Å². The number of nitrogens with one attached hydrogen (secondary N) is 2. The van der Waals surface area contributed by atoms with Crippen LogP contribution in [0.1, 0.15) is 32.3 Å². The quantitative estimate of drug-likeness (QED) is 0.0534. The van der Waals surface area contributed by atoms with Crippen LogP contribution in [-0.2, 0) is 41.6 Å². The molecule has 0 aromatic carbocycles. The summed E-state index contributed by atoms with van der Waals surface area (Å²) >= 11 is 2.03. The molecule has 4 aromatic rings. The van der Waals surface area contributed by atoms with Crippen molar-refractivity contribution in [2.24, 2.45) is 5.16 Å². The second-order valence-electron chi connectivity index (χ2n) is 12.5. The molecule has 3 unspecified atom stereocenters. The maximum absolute atomic E-state index is 13.7. The average Bonchev–Trinajstić information content (AvgIpc) is 3.73. The van der Waals surface area contributed by atoms with Gasteiger partial charge in [0.25, 0.3) is 18.7 Å². The number of carbonyl (C=O) groups excluding carboxylic acids is 4. The second kappa shape index (κ2) is 15.9. The molecule has 2 aliphatic heterocycles. The highest BCUT2D eigenvalue weighted by Crippen LogP contribution is 2.42. The van der Waals surface area contributed by atoms with Crippen molar-refractivity contribution in [3.05, 3.63) is 71.8 Å². The van der Waals surface area contributed by atoms with Gasteiger partial charge < -0.3 is 19.4 Å². The molecular weight excluding hydrogens is 749 g/mol. The molecule has 1 fully saturated rings. The van der Waals surface area contributed by atoms with Crippen LogP contribution in [0.2, 0.25) is 0 Å². The Morgan fingerprint density at radius 1 is 1.21 bits per heavy atom. The van der Waals surface area contributed by atoms with Gasteiger partial charge in [-0.15, -0.1) is 11.8 Å². The Bertz CT molecular complexity index is 2110. The maximum atomic E-state index is 13.7. The first-order valence-electron chi connectivity index (χ1n) is 15.8. The molecule has 3 atom stereocenters. The largest absolute Gasteiger partial charge is 0.452 e. The molecule has 1 saturated heterocycles. The predicted octanol–water partition coefficient (Wildman–Crippen LogP) is 2.62. The SMILES string of the molecule is [B]P(C)OC(=O)C1=C(C[n+]2cccc3c2ncn3Cc2ccccn2)CSC2C(NC(=O)/C(=N\OCF)c3nsc(NC(=O)OC(C)(C)C)n3)C(=O)N12. The molecule has 53 heavy (non-hydrogen) atoms. The van der Waals surface area contributed by atoms with Crippen LogP contribution in [0.15, 0.2) is 65.5 Å². The van der Waals surface area contributed by atoms with Gasteiger partial charge >= 0.3 is 17.7 Å². The lowest BCUT2D eigenvalue weighted by Crippen LogP contribution is -2.71. The van der Waals surface area contributed by atoms with E-state index in [1.54, 1.807) is 40.0 Å². The van der Waals surface area contributed by atoms with Crippen molar-refractivity contribution in [3.63, 3.8) is 0 Å². The minimum Gasteiger partial charge on any atom is -0.452 e. The van der Waals surface area contributed by atoms with Gasteiger partial charge in [0.05, 0.1) is 18.4 Å². The Kier molecular flexibility index (Phi) is 11.3. The summed E-state index contributed by atoms with van der Waals surface area (Å²) in [4.78, 5) is 71.7. The fourth-order valence-corrected chi connectivity index (χ4v) is 7.66. The van der Waals surface area contributed by atoms with Crippen LogP contribution in [0.5, 0.6) is 0 Å². The fourth-order valence-electron chi connectivity index (χ4n) is 5.42. The summed E-state index contributed by atoms with van der Waals surface area (Å²) in [7, 11) is 4.24. The number of alkyl halides is 1. The van der Waals surface area contributed by atoms with Crippen LogP contribution in [0.3, 0.4) is 0 Å². The zero-order valence-corrected chi connectivity index (χ0v) is 31.3. The Morgan fingerprint density at radius 3 is 2.74 bits per heavy atom. The molecule has 0 saturated carbocycles. The lowest BCUT2D eigenvalue weighted by Gasteiger charge is -2.49. The summed E-state index contributed by atoms with van der Waals surface area (Å²) in [5.41, 5.74) is 1.61. The highest BCUT2D eigenvalue weighted by atomic mass is 32.2. The Morgan fingerprint density at radius 2 is 2.02 bits per heavy atom. The van der Waals surface area contributed by atoms with Crippen LogP contribution in [0.25, 0.3) is 11.2 Å². The number of nitrogens with zero attached hydrogens (tertiary/aromatic N) is 8. The van der Waals surface area contributed by atoms with Crippen LogP contribution in [0.4, 0.5) is 14.3 Å². The van der Waals surface area contributed by atoms with Gasteiger partial charge in [-0.3, -0.25) is 29.4 Å². The van der Waals surface area contributed by atoms with Gasteiger partial charge in [0.2, 0.25) is 23.0 Å². The van der Waals surface area contributed by atoms with E-state index in [0.29, 0.717) is 29.3 Å². The standard InChI is InChI=1S/C31H31BFN10O7PS2/c1-31(2,3)49-30(47)38-29-37-23(40-53-29)20(39-48-15-33)25(44)36-21-26(45)43-22(28(46)50-51(4)32)17(14-52-27(21)43)12-41-11-7-9-19-24(41)35-16-42(19)13-18-8-5-6-10-34-18/h5-11,16,21,27H,12-15H2,1-4H3,(H-,36,37,38,40,44,47)/p+1/b39-20-. The number of β-lactam (4-membered cyclic amide) rings is 1. The second-order valence-corrected chi connectivity index (χ2v) is 15.6. The first-order valence-corrected chi connectivity index (χ1v) is 19.4. The first-order chi connectivity index (χ1) is 25.3. The number of carbonyl (C=O) groups is 4. The summed E-state index contributed by atoms with van der Waals surface area (Å²) < 4.78 is 31.4. The molecule has 0 spiro atoms. The summed E-state index contributed by atoms with van der Waals surface area (Å²) in [5, 5.41) is 7.74. The van der Waals surface area contributed by atoms with E-state index in [9.17, 15) is 23.6 Å². The number of hydrogen-bond donors (Lipinski definition) is 2. The molecule has 6 rings (SSSR count). The van der Waals surface area contributed by atoms with E-state index in [-0.39, 0.29) is 29.0 Å². The number of ether oxygens (including phenoxy) is 1. The van der Waals surface area contributed by atoms with Gasteiger partial charge in [-0.1, -0.05) is 11.2 Å². The van der Waals surface area contributed by atoms with E-state index < -0.39 is 61.5 Å². The molecule has 4 aromatic heterocycles. The molecule has 22 heteroatoms. The molecule has 274 valence electrons. The summed E-state index contributed by atoms with van der Waals surface area (Å²) in [5.74, 6) is -2.35. The van der Waals surface area contributed by atoms with E-state index in [0.717, 1.165) is 11.2 Å². The van der Waals surface area contributed by atoms with E-state index in [4.69, 9.17) is 16.8 Å². The van der Waals surface area contributed by atoms with Crippen LogP contribution in [-0.4, -0.2) is 102 Å². The molecule has 0 bridgehead atoms. The lowest BCUT2D eigenvalue weighted by molar-refractivity contribution is -0.664. The smallest absolute Gasteiger partial charge is 0.414 e. The number of anilines is 1. The molecular formula is C31H32BFN10O7PS2+. The Hall–Kier alpha value is -5.01. The van der Waals surface area contributed by atoms with Crippen LogP contribution in [0, 0.1) is 0 Å². The molecule has 6 heterocycles. The zero-order chi connectivity index (χ0) is 37.9. The third-order valence-corrected chi connectivity index (χ3v) is 9.91. The minimum atomic E-state index is -1.63. The highest BCUT2D eigenvalue weighted by molar-refractivity contribution is 8.00. The molecule has 17 nitrogen and oxygen atoms in total. The van der Waals surface area contributed by atoms with Crippen molar-refractivity contribution >= 4 is 84.8 Å². The molecule has 2 N–H and O–H groups in total. The molecule has 2 aliphatic rings. The summed E-state index contributed by atoms with van der Waals surface area (Å²) in [6.07, 6.45) is 4.45. The number of rotatable bonds is 12. The van der Waals surface area contributed by atoms with Crippen molar-refractivity contribution in [1.82, 2.24) is 34.1 Å². The van der Waals surface area contributed by atoms with E-state index in [2.05, 4.69) is 40.0 Å². The number of hydrogen-bond acceptors (Lipinski definition) is 14. The lowest BCUT2D eigenvalue weighted by atomic mass is 10.0. The normalized spacial score (nSPS) is 17.9. The van der Waals surface area contributed by atoms with Gasteiger partial charge in [0.1, 0.15) is 34.8 Å². The van der Waals surface area contributed by atoms with Gasteiger partial charge in [-0.25, -0.2) is 18.5 Å².